The standard InChI is InChI=1S/C19H11F5I2N2O2/c1-3-30-18-10(25)5-8(6-11(18)26)4-9-7(2)27-28(19(9)29)17-15(23)13(21)12(20)14(22)16(17)24/h4-6H,3H2,1-2H3/b9-4+. The van der Waals surface area contributed by atoms with E-state index in [0.29, 0.717) is 17.9 Å². The highest BCUT2D eigenvalue weighted by Gasteiger charge is 2.37. The van der Waals surface area contributed by atoms with E-state index in [9.17, 15) is 26.7 Å². The summed E-state index contributed by atoms with van der Waals surface area (Å²) in [5.41, 5.74) is -0.836. The second-order valence-corrected chi connectivity index (χ2v) is 8.35. The third kappa shape index (κ3) is 3.92. The molecule has 1 heterocycles. The third-order valence-corrected chi connectivity index (χ3v) is 5.68. The Hall–Kier alpha value is -1.77. The fourth-order valence-electron chi connectivity index (χ4n) is 2.73. The van der Waals surface area contributed by atoms with Gasteiger partial charge in [0.05, 0.1) is 25.0 Å². The molecular weight excluding hydrogens is 637 g/mol. The van der Waals surface area contributed by atoms with E-state index in [1.165, 1.54) is 13.0 Å². The van der Waals surface area contributed by atoms with Crippen molar-refractivity contribution < 1.29 is 31.5 Å². The Morgan fingerprint density at radius 3 is 2.00 bits per heavy atom. The van der Waals surface area contributed by atoms with Crippen LogP contribution in [0.15, 0.2) is 22.8 Å². The van der Waals surface area contributed by atoms with E-state index in [1.807, 2.05) is 6.92 Å². The van der Waals surface area contributed by atoms with Gasteiger partial charge in [0.2, 0.25) is 5.82 Å². The molecule has 0 N–H and O–H groups in total. The topological polar surface area (TPSA) is 41.9 Å². The Kier molecular flexibility index (Phi) is 6.69. The molecule has 0 saturated heterocycles. The Balaban J connectivity index is 2.06. The van der Waals surface area contributed by atoms with Gasteiger partial charge in [0.1, 0.15) is 11.4 Å². The average Bonchev–Trinajstić information content (AvgIpc) is 2.96. The first kappa shape index (κ1) is 22.9. The molecule has 1 aliphatic heterocycles. The van der Waals surface area contributed by atoms with Gasteiger partial charge in [0, 0.05) is 0 Å². The van der Waals surface area contributed by atoms with E-state index in [-0.39, 0.29) is 16.3 Å². The van der Waals surface area contributed by atoms with E-state index in [1.54, 1.807) is 12.1 Å². The Bertz CT molecular complexity index is 1080. The molecule has 0 saturated carbocycles. The Labute approximate surface area is 195 Å². The number of ether oxygens (including phenoxy) is 1. The summed E-state index contributed by atoms with van der Waals surface area (Å²) in [6, 6.07) is 3.45. The monoisotopic (exact) mass is 648 g/mol. The maximum absolute atomic E-state index is 14.1. The van der Waals surface area contributed by atoms with Crippen LogP contribution in [0.1, 0.15) is 19.4 Å². The van der Waals surface area contributed by atoms with Crippen LogP contribution in [0.4, 0.5) is 27.6 Å². The summed E-state index contributed by atoms with van der Waals surface area (Å²) >= 11 is 4.12. The van der Waals surface area contributed by atoms with E-state index in [4.69, 9.17) is 4.74 Å². The number of carbonyl (C=O) groups excluding carboxylic acids is 1. The number of hydrazone groups is 1. The van der Waals surface area contributed by atoms with E-state index < -0.39 is 40.7 Å². The summed E-state index contributed by atoms with van der Waals surface area (Å²) in [6.07, 6.45) is 1.42. The SMILES string of the molecule is CCOc1c(I)cc(/C=C2/C(=O)N(c3c(F)c(F)c(F)c(F)c3F)N=C2C)cc1I. The van der Waals surface area contributed by atoms with Crippen LogP contribution in [0.2, 0.25) is 0 Å². The minimum Gasteiger partial charge on any atom is -0.492 e. The lowest BCUT2D eigenvalue weighted by Crippen LogP contribution is -2.25. The highest BCUT2D eigenvalue weighted by molar-refractivity contribution is 14.1. The highest BCUT2D eigenvalue weighted by Crippen LogP contribution is 2.35. The molecule has 2 aromatic rings. The number of amides is 1. The van der Waals surface area contributed by atoms with Gasteiger partial charge in [0.15, 0.2) is 23.3 Å². The van der Waals surface area contributed by atoms with Crippen LogP contribution in [-0.2, 0) is 4.79 Å². The maximum atomic E-state index is 14.1. The molecule has 158 valence electrons. The molecule has 1 aliphatic rings. The molecule has 0 aromatic heterocycles. The lowest BCUT2D eigenvalue weighted by Gasteiger charge is -2.15. The molecule has 3 rings (SSSR count). The molecular formula is C19H11F5I2N2O2. The highest BCUT2D eigenvalue weighted by atomic mass is 127. The number of carbonyl (C=O) groups is 1. The largest absolute Gasteiger partial charge is 0.492 e. The van der Waals surface area contributed by atoms with Crippen molar-refractivity contribution in [2.45, 2.75) is 13.8 Å². The van der Waals surface area contributed by atoms with Crippen molar-refractivity contribution in [1.29, 1.82) is 0 Å². The molecule has 0 radical (unpaired) electrons. The molecule has 0 atom stereocenters. The van der Waals surface area contributed by atoms with Crippen LogP contribution in [-0.4, -0.2) is 18.2 Å². The minimum atomic E-state index is -2.31. The molecule has 1 amide bonds. The Morgan fingerprint density at radius 1 is 1.00 bits per heavy atom. The van der Waals surface area contributed by atoms with Crippen LogP contribution in [0.25, 0.3) is 6.08 Å². The second kappa shape index (κ2) is 8.77. The number of halogens is 7. The van der Waals surface area contributed by atoms with Crippen molar-refractivity contribution in [3.63, 3.8) is 0 Å². The number of anilines is 1. The zero-order valence-corrected chi connectivity index (χ0v) is 19.6. The maximum Gasteiger partial charge on any atom is 0.280 e. The lowest BCUT2D eigenvalue weighted by atomic mass is 10.1. The van der Waals surface area contributed by atoms with Crippen LogP contribution in [0, 0.1) is 36.2 Å². The predicted octanol–water partition coefficient (Wildman–Crippen LogP) is 5.80. The molecule has 0 bridgehead atoms. The van der Waals surface area contributed by atoms with Gasteiger partial charge in [0.25, 0.3) is 5.91 Å². The predicted molar refractivity (Wildman–Crippen MR) is 118 cm³/mol. The summed E-state index contributed by atoms with van der Waals surface area (Å²) in [5, 5.41) is 3.89. The van der Waals surface area contributed by atoms with E-state index in [0.717, 1.165) is 7.14 Å². The summed E-state index contributed by atoms with van der Waals surface area (Å²) in [6.45, 7) is 3.70. The van der Waals surface area contributed by atoms with Crippen LogP contribution < -0.4 is 9.75 Å². The molecule has 0 unspecified atom stereocenters. The second-order valence-electron chi connectivity index (χ2n) is 6.03. The number of rotatable bonds is 4. The quantitative estimate of drug-likeness (QED) is 0.139. The molecule has 30 heavy (non-hydrogen) atoms. The van der Waals surface area contributed by atoms with Gasteiger partial charge in [-0.3, -0.25) is 4.79 Å². The number of hydrogen-bond acceptors (Lipinski definition) is 3. The zero-order valence-electron chi connectivity index (χ0n) is 15.3. The van der Waals surface area contributed by atoms with Crippen molar-refractivity contribution >= 4 is 68.6 Å². The summed E-state index contributed by atoms with van der Waals surface area (Å²) < 4.78 is 75.7. The zero-order chi connectivity index (χ0) is 22.3. The van der Waals surface area contributed by atoms with Gasteiger partial charge < -0.3 is 4.74 Å². The molecule has 4 nitrogen and oxygen atoms in total. The van der Waals surface area contributed by atoms with Crippen molar-refractivity contribution in [2.75, 3.05) is 11.6 Å². The first-order valence-electron chi connectivity index (χ1n) is 8.33. The van der Waals surface area contributed by atoms with Crippen molar-refractivity contribution in [2.24, 2.45) is 5.10 Å². The molecule has 0 aliphatic carbocycles. The van der Waals surface area contributed by atoms with Crippen LogP contribution in [0.3, 0.4) is 0 Å². The number of nitrogens with zero attached hydrogens (tertiary/aromatic N) is 2. The molecule has 0 spiro atoms. The normalized spacial score (nSPS) is 15.2. The van der Waals surface area contributed by atoms with E-state index >= 15 is 0 Å². The fourth-order valence-corrected chi connectivity index (χ4v) is 4.85. The average molecular weight is 648 g/mol. The van der Waals surface area contributed by atoms with Crippen LogP contribution in [0.5, 0.6) is 5.75 Å². The van der Waals surface area contributed by atoms with Crippen molar-refractivity contribution in [3.8, 4) is 5.75 Å². The van der Waals surface area contributed by atoms with Gasteiger partial charge in [-0.05, 0) is 82.8 Å². The lowest BCUT2D eigenvalue weighted by molar-refractivity contribution is -0.114. The number of hydrogen-bond donors (Lipinski definition) is 0. The molecule has 11 heteroatoms. The van der Waals surface area contributed by atoms with Crippen molar-refractivity contribution in [1.82, 2.24) is 0 Å². The molecule has 0 fully saturated rings. The minimum absolute atomic E-state index is 0.0466. The van der Waals surface area contributed by atoms with Gasteiger partial charge in [-0.25, -0.2) is 22.0 Å². The van der Waals surface area contributed by atoms with Crippen molar-refractivity contribution in [3.05, 3.63) is 59.5 Å². The first-order valence-corrected chi connectivity index (χ1v) is 10.5. The smallest absolute Gasteiger partial charge is 0.280 e. The first-order chi connectivity index (χ1) is 14.1. The van der Waals surface area contributed by atoms with Gasteiger partial charge in [-0.1, -0.05) is 0 Å². The fraction of sp³-hybridized carbons (Fsp3) is 0.158. The van der Waals surface area contributed by atoms with Gasteiger partial charge in [-0.2, -0.15) is 10.1 Å². The summed E-state index contributed by atoms with van der Waals surface area (Å²) in [4.78, 5) is 12.7. The Morgan fingerprint density at radius 2 is 1.50 bits per heavy atom. The third-order valence-electron chi connectivity index (χ3n) is 4.08. The summed E-state index contributed by atoms with van der Waals surface area (Å²) in [7, 11) is 0. The number of benzene rings is 2. The van der Waals surface area contributed by atoms with Gasteiger partial charge in [-0.15, -0.1) is 0 Å². The van der Waals surface area contributed by atoms with Gasteiger partial charge >= 0.3 is 0 Å². The molecule has 2 aromatic carbocycles. The van der Waals surface area contributed by atoms with Crippen LogP contribution >= 0.6 is 45.2 Å². The van der Waals surface area contributed by atoms with E-state index in [2.05, 4.69) is 50.3 Å². The summed E-state index contributed by atoms with van der Waals surface area (Å²) in [5.74, 6) is -11.2.